The molecular formula is C46H33BN2O. The average Bonchev–Trinajstić information content (AvgIpc) is 3.73. The Kier molecular flexibility index (Phi) is 5.47. The first kappa shape index (κ1) is 27.9. The normalized spacial score (nSPS) is 14.2. The minimum atomic E-state index is -0.154. The molecule has 0 unspecified atom stereocenters. The van der Waals surface area contributed by atoms with E-state index in [1.54, 1.807) is 0 Å². The SMILES string of the molecule is CB1c2cc3oc(-c4ccccc4)cc3cc2-n2c3ccccc3c3c4ccccc4c(-c4cccc5c4Nc4ccccc4C5(C)C)c1c32. The fraction of sp³-hybridized carbons (Fsp3) is 0.0870. The Morgan fingerprint density at radius 2 is 1.40 bits per heavy atom. The molecule has 0 saturated heterocycles. The average molecular weight is 641 g/mol. The van der Waals surface area contributed by atoms with Crippen LogP contribution in [0.5, 0.6) is 0 Å². The molecule has 0 amide bonds. The van der Waals surface area contributed by atoms with Crippen LogP contribution in [-0.4, -0.2) is 11.3 Å². The molecule has 2 aromatic heterocycles. The number of anilines is 2. The number of aromatic nitrogens is 1. The molecule has 236 valence electrons. The molecule has 2 aliphatic heterocycles. The fourth-order valence-corrected chi connectivity index (χ4v) is 9.28. The van der Waals surface area contributed by atoms with Gasteiger partial charge in [-0.1, -0.05) is 130 Å². The summed E-state index contributed by atoms with van der Waals surface area (Å²) in [6, 6.07) is 50.9. The van der Waals surface area contributed by atoms with Crippen molar-refractivity contribution < 1.29 is 4.42 Å². The second kappa shape index (κ2) is 9.80. The molecule has 0 fully saturated rings. The maximum absolute atomic E-state index is 6.60. The zero-order chi connectivity index (χ0) is 33.3. The van der Waals surface area contributed by atoms with Crippen molar-refractivity contribution in [3.05, 3.63) is 151 Å². The van der Waals surface area contributed by atoms with E-state index in [9.17, 15) is 0 Å². The van der Waals surface area contributed by atoms with Crippen molar-refractivity contribution in [2.45, 2.75) is 26.1 Å². The van der Waals surface area contributed by atoms with Gasteiger partial charge in [0.1, 0.15) is 11.3 Å². The summed E-state index contributed by atoms with van der Waals surface area (Å²) >= 11 is 0. The van der Waals surface area contributed by atoms with E-state index >= 15 is 0 Å². The number of nitrogens with zero attached hydrogens (tertiary/aromatic N) is 1. The van der Waals surface area contributed by atoms with Gasteiger partial charge in [-0.05, 0) is 68.7 Å². The topological polar surface area (TPSA) is 30.1 Å². The predicted molar refractivity (Wildman–Crippen MR) is 212 cm³/mol. The Morgan fingerprint density at radius 1 is 0.680 bits per heavy atom. The molecule has 2 aliphatic rings. The number of hydrogen-bond acceptors (Lipinski definition) is 2. The molecule has 0 saturated carbocycles. The highest BCUT2D eigenvalue weighted by molar-refractivity contribution is 6.89. The van der Waals surface area contributed by atoms with Crippen molar-refractivity contribution in [1.82, 2.24) is 4.57 Å². The van der Waals surface area contributed by atoms with Crippen molar-refractivity contribution >= 4 is 72.6 Å². The van der Waals surface area contributed by atoms with E-state index in [1.165, 1.54) is 82.8 Å². The number of rotatable bonds is 2. The van der Waals surface area contributed by atoms with Crippen molar-refractivity contribution in [2.75, 3.05) is 5.32 Å². The Balaban J connectivity index is 1.28. The summed E-state index contributed by atoms with van der Waals surface area (Å²) in [6.45, 7) is 7.21. The number of hydrogen-bond donors (Lipinski definition) is 1. The van der Waals surface area contributed by atoms with E-state index in [-0.39, 0.29) is 12.1 Å². The third-order valence-electron chi connectivity index (χ3n) is 11.6. The number of nitrogens with one attached hydrogen (secondary N) is 1. The van der Waals surface area contributed by atoms with Crippen LogP contribution in [0.4, 0.5) is 11.4 Å². The van der Waals surface area contributed by atoms with Gasteiger partial charge in [0.2, 0.25) is 6.71 Å². The highest BCUT2D eigenvalue weighted by Gasteiger charge is 2.37. The fourth-order valence-electron chi connectivity index (χ4n) is 9.28. The highest BCUT2D eigenvalue weighted by atomic mass is 16.3. The van der Waals surface area contributed by atoms with Gasteiger partial charge < -0.3 is 14.3 Å². The Labute approximate surface area is 290 Å². The zero-order valence-corrected chi connectivity index (χ0v) is 28.2. The quantitative estimate of drug-likeness (QED) is 0.191. The minimum absolute atomic E-state index is 0.110. The standard InChI is InChI=1S/C46H33BN2O/c1-46(2)33-20-10-11-22-36(33)48-44-32(19-13-21-34(44)46)41-29-16-7-8-17-30(29)42-31-18-9-12-23-37(31)49-38-24-28-25-39(27-14-5-4-6-15-27)50-40(28)26-35(38)47(3)43(41)45(42)49/h4-26,48H,1-3H3. The summed E-state index contributed by atoms with van der Waals surface area (Å²) in [5.41, 5.74) is 15.8. The van der Waals surface area contributed by atoms with Gasteiger partial charge in [-0.25, -0.2) is 0 Å². The Bertz CT molecular complexity index is 2890. The van der Waals surface area contributed by atoms with Gasteiger partial charge in [-0.3, -0.25) is 0 Å². The van der Waals surface area contributed by atoms with Crippen molar-refractivity contribution in [2.24, 2.45) is 0 Å². The first-order valence-corrected chi connectivity index (χ1v) is 17.6. The van der Waals surface area contributed by atoms with Crippen molar-refractivity contribution in [1.29, 1.82) is 0 Å². The van der Waals surface area contributed by atoms with Crippen LogP contribution in [0.1, 0.15) is 25.0 Å². The lowest BCUT2D eigenvalue weighted by molar-refractivity contribution is 0.632. The predicted octanol–water partition coefficient (Wildman–Crippen LogP) is 11.0. The summed E-state index contributed by atoms with van der Waals surface area (Å²) in [6.07, 6.45) is 0. The van der Waals surface area contributed by atoms with Gasteiger partial charge >= 0.3 is 0 Å². The molecule has 11 rings (SSSR count). The zero-order valence-electron chi connectivity index (χ0n) is 28.2. The van der Waals surface area contributed by atoms with E-state index in [1.807, 2.05) is 6.07 Å². The molecule has 0 radical (unpaired) electrons. The Hall–Kier alpha value is -6.00. The van der Waals surface area contributed by atoms with Gasteiger partial charge in [0.05, 0.1) is 16.7 Å². The van der Waals surface area contributed by atoms with Gasteiger partial charge in [0.15, 0.2) is 0 Å². The van der Waals surface area contributed by atoms with E-state index in [0.29, 0.717) is 0 Å². The van der Waals surface area contributed by atoms with Crippen LogP contribution in [-0.2, 0) is 5.41 Å². The van der Waals surface area contributed by atoms with Crippen molar-refractivity contribution in [3.8, 4) is 28.1 Å². The molecule has 0 spiro atoms. The lowest BCUT2D eigenvalue weighted by Crippen LogP contribution is -2.46. The molecule has 0 bridgehead atoms. The van der Waals surface area contributed by atoms with E-state index in [2.05, 4.69) is 164 Å². The van der Waals surface area contributed by atoms with Crippen LogP contribution in [0.15, 0.2) is 144 Å². The van der Waals surface area contributed by atoms with Crippen LogP contribution in [0, 0.1) is 0 Å². The molecule has 9 aromatic rings. The largest absolute Gasteiger partial charge is 0.456 e. The van der Waals surface area contributed by atoms with E-state index < -0.39 is 0 Å². The van der Waals surface area contributed by atoms with Crippen LogP contribution < -0.4 is 16.2 Å². The van der Waals surface area contributed by atoms with Crippen LogP contribution >= 0.6 is 0 Å². The van der Waals surface area contributed by atoms with Gasteiger partial charge in [0, 0.05) is 44.1 Å². The molecule has 3 nitrogen and oxygen atoms in total. The van der Waals surface area contributed by atoms with Crippen LogP contribution in [0.25, 0.3) is 71.7 Å². The lowest BCUT2D eigenvalue weighted by atomic mass is 9.39. The molecule has 0 atom stereocenters. The van der Waals surface area contributed by atoms with Crippen molar-refractivity contribution in [3.63, 3.8) is 0 Å². The van der Waals surface area contributed by atoms with Gasteiger partial charge in [-0.15, -0.1) is 0 Å². The molecule has 50 heavy (non-hydrogen) atoms. The molecule has 1 N–H and O–H groups in total. The molecule has 4 heteroatoms. The monoisotopic (exact) mass is 640 g/mol. The maximum atomic E-state index is 6.60. The smallest absolute Gasteiger partial charge is 0.212 e. The van der Waals surface area contributed by atoms with Crippen LogP contribution in [0.2, 0.25) is 6.82 Å². The third kappa shape index (κ3) is 3.55. The summed E-state index contributed by atoms with van der Waals surface area (Å²) in [4.78, 5) is 0. The minimum Gasteiger partial charge on any atom is -0.456 e. The molecule has 7 aromatic carbocycles. The number of fused-ring (bicyclic) bond motifs is 10. The van der Waals surface area contributed by atoms with E-state index in [4.69, 9.17) is 4.42 Å². The Morgan fingerprint density at radius 3 is 2.26 bits per heavy atom. The summed E-state index contributed by atoms with van der Waals surface area (Å²) in [5.74, 6) is 0.895. The lowest BCUT2D eigenvalue weighted by Gasteiger charge is -2.37. The number of furan rings is 1. The van der Waals surface area contributed by atoms with Gasteiger partial charge in [-0.2, -0.15) is 0 Å². The second-order valence-electron chi connectivity index (χ2n) is 14.6. The molecule has 0 aliphatic carbocycles. The molecular weight excluding hydrogens is 607 g/mol. The number of para-hydroxylation sites is 3. The van der Waals surface area contributed by atoms with Gasteiger partial charge in [0.25, 0.3) is 0 Å². The summed E-state index contributed by atoms with van der Waals surface area (Å²) in [7, 11) is 0. The van der Waals surface area contributed by atoms with Crippen LogP contribution in [0.3, 0.4) is 0 Å². The first-order valence-electron chi connectivity index (χ1n) is 17.6. The molecule has 4 heterocycles. The second-order valence-corrected chi connectivity index (χ2v) is 14.6. The van der Waals surface area contributed by atoms with E-state index in [0.717, 1.165) is 22.3 Å². The summed E-state index contributed by atoms with van der Waals surface area (Å²) in [5, 5.41) is 10.2. The maximum Gasteiger partial charge on any atom is 0.212 e. The third-order valence-corrected chi connectivity index (χ3v) is 11.6. The first-order chi connectivity index (χ1) is 24.5. The highest BCUT2D eigenvalue weighted by Crippen LogP contribution is 2.50. The number of benzene rings is 7. The summed E-state index contributed by atoms with van der Waals surface area (Å²) < 4.78 is 9.14.